The van der Waals surface area contributed by atoms with Gasteiger partial charge in [0.15, 0.2) is 5.16 Å². The molecule has 0 saturated carbocycles. The molecular formula is C26H33N5OS. The summed E-state index contributed by atoms with van der Waals surface area (Å²) in [5.41, 5.74) is 3.54. The lowest BCUT2D eigenvalue weighted by molar-refractivity contribution is 0.129. The number of hydrogen-bond acceptors (Lipinski definition) is 6. The first-order valence-corrected chi connectivity index (χ1v) is 13.1. The maximum Gasteiger partial charge on any atom is 0.191 e. The molecule has 33 heavy (non-hydrogen) atoms. The van der Waals surface area contributed by atoms with Gasteiger partial charge < -0.3 is 9.30 Å². The second-order valence-corrected chi connectivity index (χ2v) is 10.2. The van der Waals surface area contributed by atoms with Gasteiger partial charge in [-0.15, -0.1) is 10.2 Å². The van der Waals surface area contributed by atoms with E-state index in [4.69, 9.17) is 9.84 Å². The fourth-order valence-electron chi connectivity index (χ4n) is 4.83. The van der Waals surface area contributed by atoms with E-state index in [9.17, 15) is 0 Å². The smallest absolute Gasteiger partial charge is 0.191 e. The lowest BCUT2D eigenvalue weighted by Crippen LogP contribution is -2.33. The Bertz CT molecular complexity index is 1030. The number of aromatic nitrogens is 4. The van der Waals surface area contributed by atoms with E-state index in [1.54, 1.807) is 11.8 Å². The van der Waals surface area contributed by atoms with E-state index in [0.29, 0.717) is 12.0 Å². The molecule has 2 saturated heterocycles. The molecular weight excluding hydrogens is 430 g/mol. The van der Waals surface area contributed by atoms with Crippen LogP contribution >= 0.6 is 11.8 Å². The van der Waals surface area contributed by atoms with Crippen LogP contribution in [0.3, 0.4) is 0 Å². The van der Waals surface area contributed by atoms with Gasteiger partial charge in [0.05, 0.1) is 18.3 Å². The second-order valence-electron chi connectivity index (χ2n) is 9.18. The van der Waals surface area contributed by atoms with Crippen molar-refractivity contribution in [3.8, 4) is 0 Å². The van der Waals surface area contributed by atoms with E-state index in [-0.39, 0.29) is 0 Å². The Morgan fingerprint density at radius 1 is 0.970 bits per heavy atom. The summed E-state index contributed by atoms with van der Waals surface area (Å²) in [6, 6.07) is 17.0. The van der Waals surface area contributed by atoms with Crippen molar-refractivity contribution in [3.05, 3.63) is 71.3 Å². The van der Waals surface area contributed by atoms with Gasteiger partial charge in [0.25, 0.3) is 0 Å². The molecule has 2 aliphatic heterocycles. The minimum Gasteiger partial charge on any atom is -0.377 e. The van der Waals surface area contributed by atoms with Crippen LogP contribution in [0.25, 0.3) is 0 Å². The topological polar surface area (TPSA) is 56.1 Å². The standard InChI is InChI=1S/C26H33N5OS/c1-20-7-5-10-23(27-20)18-30-14-12-22(13-15-30)25-28-29-26(33-19-24-11-6-16-32-24)31(25)17-21-8-3-2-4-9-21/h2-5,7-10,22,24H,6,11-19H2,1H3/t24-/m1/s1. The molecule has 2 fully saturated rings. The van der Waals surface area contributed by atoms with Crippen molar-refractivity contribution >= 4 is 11.8 Å². The molecule has 0 N–H and O–H groups in total. The first kappa shape index (κ1) is 22.6. The van der Waals surface area contributed by atoms with Crippen molar-refractivity contribution in [2.45, 2.75) is 62.9 Å². The Hall–Kier alpha value is -2.22. The van der Waals surface area contributed by atoms with Crippen LogP contribution in [0.2, 0.25) is 0 Å². The summed E-state index contributed by atoms with van der Waals surface area (Å²) < 4.78 is 8.19. The summed E-state index contributed by atoms with van der Waals surface area (Å²) in [5.74, 6) is 2.54. The summed E-state index contributed by atoms with van der Waals surface area (Å²) in [6.45, 7) is 6.83. The third-order valence-corrected chi connectivity index (χ3v) is 7.73. The monoisotopic (exact) mass is 463 g/mol. The fourth-order valence-corrected chi connectivity index (χ4v) is 5.84. The summed E-state index contributed by atoms with van der Waals surface area (Å²) in [6.07, 6.45) is 4.88. The highest BCUT2D eigenvalue weighted by Crippen LogP contribution is 2.31. The molecule has 3 aromatic rings. The number of ether oxygens (including phenoxy) is 1. The zero-order valence-corrected chi connectivity index (χ0v) is 20.2. The molecule has 5 rings (SSSR count). The first-order valence-electron chi connectivity index (χ1n) is 12.1. The molecule has 174 valence electrons. The van der Waals surface area contributed by atoms with Crippen molar-refractivity contribution in [3.63, 3.8) is 0 Å². The van der Waals surface area contributed by atoms with Gasteiger partial charge >= 0.3 is 0 Å². The molecule has 0 aliphatic carbocycles. The molecule has 1 atom stereocenters. The van der Waals surface area contributed by atoms with Crippen molar-refractivity contribution in [2.24, 2.45) is 0 Å². The molecule has 4 heterocycles. The number of pyridine rings is 1. The van der Waals surface area contributed by atoms with Crippen molar-refractivity contribution in [1.82, 2.24) is 24.6 Å². The van der Waals surface area contributed by atoms with Gasteiger partial charge in [0.1, 0.15) is 5.82 Å². The van der Waals surface area contributed by atoms with Gasteiger partial charge in [-0.2, -0.15) is 0 Å². The highest BCUT2D eigenvalue weighted by Gasteiger charge is 2.27. The zero-order valence-electron chi connectivity index (χ0n) is 19.4. The first-order chi connectivity index (χ1) is 16.2. The normalized spacial score (nSPS) is 19.8. The Kier molecular flexibility index (Phi) is 7.39. The van der Waals surface area contributed by atoms with Gasteiger partial charge in [-0.3, -0.25) is 9.88 Å². The van der Waals surface area contributed by atoms with Gasteiger partial charge in [-0.1, -0.05) is 48.2 Å². The molecule has 0 spiro atoms. The van der Waals surface area contributed by atoms with Crippen molar-refractivity contribution in [1.29, 1.82) is 0 Å². The number of piperidine rings is 1. The van der Waals surface area contributed by atoms with Crippen LogP contribution in [0.1, 0.15) is 54.4 Å². The van der Waals surface area contributed by atoms with Crippen molar-refractivity contribution in [2.75, 3.05) is 25.4 Å². The van der Waals surface area contributed by atoms with E-state index in [1.807, 2.05) is 0 Å². The Morgan fingerprint density at radius 3 is 2.58 bits per heavy atom. The Morgan fingerprint density at radius 2 is 1.82 bits per heavy atom. The highest BCUT2D eigenvalue weighted by atomic mass is 32.2. The molecule has 2 aromatic heterocycles. The van der Waals surface area contributed by atoms with Gasteiger partial charge in [0.2, 0.25) is 0 Å². The number of hydrogen-bond donors (Lipinski definition) is 0. The number of rotatable bonds is 8. The number of nitrogens with zero attached hydrogens (tertiary/aromatic N) is 5. The summed E-state index contributed by atoms with van der Waals surface area (Å²) in [5, 5.41) is 10.4. The third kappa shape index (κ3) is 5.83. The number of benzene rings is 1. The third-order valence-electron chi connectivity index (χ3n) is 6.64. The van der Waals surface area contributed by atoms with Crippen LogP contribution in [-0.4, -0.2) is 56.2 Å². The molecule has 0 bridgehead atoms. The zero-order chi connectivity index (χ0) is 22.5. The summed E-state index contributed by atoms with van der Waals surface area (Å²) in [4.78, 5) is 7.20. The number of likely N-dealkylation sites (tertiary alicyclic amines) is 1. The van der Waals surface area contributed by atoms with Gasteiger partial charge in [-0.05, 0) is 63.4 Å². The van der Waals surface area contributed by atoms with Gasteiger partial charge in [0, 0.05) is 30.5 Å². The lowest BCUT2D eigenvalue weighted by atomic mass is 9.95. The molecule has 1 aromatic carbocycles. The van der Waals surface area contributed by atoms with Crippen LogP contribution in [0.5, 0.6) is 0 Å². The quantitative estimate of drug-likeness (QED) is 0.452. The molecule has 7 heteroatoms. The van der Waals surface area contributed by atoms with Crippen LogP contribution in [-0.2, 0) is 17.8 Å². The molecule has 0 radical (unpaired) electrons. The van der Waals surface area contributed by atoms with Crippen LogP contribution in [0.15, 0.2) is 53.7 Å². The molecule has 2 aliphatic rings. The maximum atomic E-state index is 5.84. The van der Waals surface area contributed by atoms with E-state index in [1.165, 1.54) is 12.0 Å². The predicted octanol–water partition coefficient (Wildman–Crippen LogP) is 4.68. The van der Waals surface area contributed by atoms with E-state index in [2.05, 4.69) is 75.0 Å². The largest absolute Gasteiger partial charge is 0.377 e. The highest BCUT2D eigenvalue weighted by molar-refractivity contribution is 7.99. The minimum atomic E-state index is 0.346. The average molecular weight is 464 g/mol. The van der Waals surface area contributed by atoms with E-state index < -0.39 is 0 Å². The number of thioether (sulfide) groups is 1. The summed E-state index contributed by atoms with van der Waals surface area (Å²) in [7, 11) is 0. The minimum absolute atomic E-state index is 0.346. The fraction of sp³-hybridized carbons (Fsp3) is 0.500. The summed E-state index contributed by atoms with van der Waals surface area (Å²) >= 11 is 1.80. The molecule has 0 unspecified atom stereocenters. The SMILES string of the molecule is Cc1cccc(CN2CCC(c3nnc(SC[C@H]4CCCO4)n3Cc3ccccc3)CC2)n1. The van der Waals surface area contributed by atoms with Gasteiger partial charge in [-0.25, -0.2) is 0 Å². The Labute approximate surface area is 200 Å². The maximum absolute atomic E-state index is 5.84. The second kappa shape index (κ2) is 10.8. The lowest BCUT2D eigenvalue weighted by Gasteiger charge is -2.31. The van der Waals surface area contributed by atoms with Crippen LogP contribution < -0.4 is 0 Å². The van der Waals surface area contributed by atoms with Crippen molar-refractivity contribution < 1.29 is 4.74 Å². The van der Waals surface area contributed by atoms with Crippen LogP contribution in [0.4, 0.5) is 0 Å². The average Bonchev–Trinajstić information content (AvgIpc) is 3.49. The predicted molar refractivity (Wildman–Crippen MR) is 131 cm³/mol. The van der Waals surface area contributed by atoms with E-state index >= 15 is 0 Å². The number of aryl methyl sites for hydroxylation is 1. The molecule has 6 nitrogen and oxygen atoms in total. The van der Waals surface area contributed by atoms with E-state index in [0.717, 1.165) is 80.2 Å². The van der Waals surface area contributed by atoms with Crippen LogP contribution in [0, 0.1) is 6.92 Å². The Balaban J connectivity index is 1.27. The molecule has 0 amide bonds.